The monoisotopic (exact) mass is 228 g/mol. The highest BCUT2D eigenvalue weighted by molar-refractivity contribution is 5.82. The first-order chi connectivity index (χ1) is 7.62. The van der Waals surface area contributed by atoms with Gasteiger partial charge in [0.1, 0.15) is 0 Å². The van der Waals surface area contributed by atoms with Crippen molar-refractivity contribution in [3.8, 4) is 0 Å². The predicted octanol–water partition coefficient (Wildman–Crippen LogP) is 0.904. The van der Waals surface area contributed by atoms with E-state index in [1.165, 1.54) is 0 Å². The van der Waals surface area contributed by atoms with Crippen molar-refractivity contribution in [3.05, 3.63) is 0 Å². The molecule has 0 spiro atoms. The summed E-state index contributed by atoms with van der Waals surface area (Å²) in [6, 6.07) is 0. The zero-order valence-corrected chi connectivity index (χ0v) is 10.4. The van der Waals surface area contributed by atoms with Crippen LogP contribution in [-0.4, -0.2) is 32.2 Å². The van der Waals surface area contributed by atoms with E-state index < -0.39 is 5.41 Å². The summed E-state index contributed by atoms with van der Waals surface area (Å²) in [7, 11) is 0. The number of hydrogen-bond donors (Lipinski definition) is 2. The van der Waals surface area contributed by atoms with Gasteiger partial charge in [0.05, 0.1) is 5.41 Å². The summed E-state index contributed by atoms with van der Waals surface area (Å²) in [5.41, 5.74) is 5.22. The molecule has 0 aromatic heterocycles. The summed E-state index contributed by atoms with van der Waals surface area (Å²) >= 11 is 0. The Morgan fingerprint density at radius 3 is 2.88 bits per heavy atom. The third-order valence-corrected chi connectivity index (χ3v) is 3.64. The van der Waals surface area contributed by atoms with E-state index in [1.54, 1.807) is 0 Å². The Kier molecular flexibility index (Phi) is 5.22. The fraction of sp³-hybridized carbons (Fsp3) is 0.917. The van der Waals surface area contributed by atoms with Crippen molar-refractivity contribution < 1.29 is 9.53 Å². The van der Waals surface area contributed by atoms with Crippen LogP contribution in [0.15, 0.2) is 0 Å². The molecule has 0 bridgehead atoms. The second-order valence-corrected chi connectivity index (χ2v) is 4.89. The molecule has 16 heavy (non-hydrogen) atoms. The molecule has 4 heteroatoms. The molecule has 1 amide bonds. The van der Waals surface area contributed by atoms with Crippen LogP contribution in [-0.2, 0) is 9.53 Å². The maximum absolute atomic E-state index is 11.9. The van der Waals surface area contributed by atoms with Crippen molar-refractivity contribution in [1.82, 2.24) is 5.32 Å². The van der Waals surface area contributed by atoms with Crippen LogP contribution in [0.4, 0.5) is 0 Å². The Morgan fingerprint density at radius 2 is 2.38 bits per heavy atom. The highest BCUT2D eigenvalue weighted by atomic mass is 16.5. The van der Waals surface area contributed by atoms with E-state index in [4.69, 9.17) is 10.5 Å². The van der Waals surface area contributed by atoms with Crippen molar-refractivity contribution >= 4 is 5.91 Å². The molecule has 2 unspecified atom stereocenters. The zero-order valence-electron chi connectivity index (χ0n) is 10.4. The average Bonchev–Trinajstić information content (AvgIpc) is 2.80. The van der Waals surface area contributed by atoms with E-state index in [0.717, 1.165) is 39.0 Å². The van der Waals surface area contributed by atoms with Crippen molar-refractivity contribution in [1.29, 1.82) is 0 Å². The molecule has 1 saturated heterocycles. The van der Waals surface area contributed by atoms with Gasteiger partial charge < -0.3 is 15.8 Å². The van der Waals surface area contributed by atoms with Crippen LogP contribution in [0.1, 0.15) is 33.1 Å². The highest BCUT2D eigenvalue weighted by Gasteiger charge is 2.29. The molecule has 1 heterocycles. The van der Waals surface area contributed by atoms with Crippen LogP contribution in [0.3, 0.4) is 0 Å². The first-order valence-corrected chi connectivity index (χ1v) is 6.18. The summed E-state index contributed by atoms with van der Waals surface area (Å²) < 4.78 is 5.29. The molecule has 1 aliphatic heterocycles. The molecule has 0 aliphatic carbocycles. The molecule has 1 aliphatic rings. The maximum Gasteiger partial charge on any atom is 0.227 e. The van der Waals surface area contributed by atoms with Gasteiger partial charge in [0, 0.05) is 26.3 Å². The lowest BCUT2D eigenvalue weighted by Gasteiger charge is -2.25. The quantitative estimate of drug-likeness (QED) is 0.710. The van der Waals surface area contributed by atoms with Gasteiger partial charge in [-0.3, -0.25) is 4.79 Å². The van der Waals surface area contributed by atoms with Gasteiger partial charge in [0.2, 0.25) is 5.91 Å². The zero-order chi connectivity index (χ0) is 12.0. The Bertz CT molecular complexity index is 221. The lowest BCUT2D eigenvalue weighted by molar-refractivity contribution is -0.129. The standard InChI is InChI=1S/C12H24N2O2/c1-3-12(2,9-13)11(15)14-6-4-10-5-7-16-8-10/h10H,3-9,13H2,1-2H3,(H,14,15). The summed E-state index contributed by atoms with van der Waals surface area (Å²) in [5.74, 6) is 0.697. The Morgan fingerprint density at radius 1 is 1.62 bits per heavy atom. The van der Waals surface area contributed by atoms with Crippen LogP contribution in [0.2, 0.25) is 0 Å². The molecule has 4 nitrogen and oxygen atoms in total. The molecule has 3 N–H and O–H groups in total. The summed E-state index contributed by atoms with van der Waals surface area (Å²) in [4.78, 5) is 11.9. The van der Waals surface area contributed by atoms with Crippen molar-refractivity contribution in [2.75, 3.05) is 26.3 Å². The van der Waals surface area contributed by atoms with Crippen molar-refractivity contribution in [3.63, 3.8) is 0 Å². The largest absolute Gasteiger partial charge is 0.381 e. The van der Waals surface area contributed by atoms with E-state index in [-0.39, 0.29) is 5.91 Å². The topological polar surface area (TPSA) is 64.4 Å². The SMILES string of the molecule is CCC(C)(CN)C(=O)NCCC1CCOC1. The van der Waals surface area contributed by atoms with Crippen LogP contribution in [0.25, 0.3) is 0 Å². The van der Waals surface area contributed by atoms with Gasteiger partial charge in [-0.25, -0.2) is 0 Å². The number of hydrogen-bond acceptors (Lipinski definition) is 3. The smallest absolute Gasteiger partial charge is 0.227 e. The number of carbonyl (C=O) groups excluding carboxylic acids is 1. The number of rotatable bonds is 6. The van der Waals surface area contributed by atoms with Gasteiger partial charge >= 0.3 is 0 Å². The maximum atomic E-state index is 11.9. The second kappa shape index (κ2) is 6.21. The van der Waals surface area contributed by atoms with Gasteiger partial charge in [0.15, 0.2) is 0 Å². The van der Waals surface area contributed by atoms with Gasteiger partial charge in [-0.05, 0) is 32.1 Å². The lowest BCUT2D eigenvalue weighted by Crippen LogP contribution is -2.44. The molecule has 1 fully saturated rings. The van der Waals surface area contributed by atoms with E-state index in [9.17, 15) is 4.79 Å². The van der Waals surface area contributed by atoms with E-state index in [0.29, 0.717) is 12.5 Å². The minimum Gasteiger partial charge on any atom is -0.381 e. The van der Waals surface area contributed by atoms with Gasteiger partial charge in [-0.2, -0.15) is 0 Å². The molecular formula is C12H24N2O2. The molecule has 1 rings (SSSR count). The normalized spacial score (nSPS) is 24.1. The molecule has 0 saturated carbocycles. The van der Waals surface area contributed by atoms with Crippen LogP contribution in [0.5, 0.6) is 0 Å². The van der Waals surface area contributed by atoms with Crippen LogP contribution in [0, 0.1) is 11.3 Å². The Hall–Kier alpha value is -0.610. The lowest BCUT2D eigenvalue weighted by atomic mass is 9.86. The molecule has 2 atom stereocenters. The molecule has 0 aromatic carbocycles. The Balaban J connectivity index is 2.23. The summed E-state index contributed by atoms with van der Waals surface area (Å²) in [6.45, 7) is 6.77. The summed E-state index contributed by atoms with van der Waals surface area (Å²) in [6.07, 6.45) is 2.91. The average molecular weight is 228 g/mol. The third kappa shape index (κ3) is 3.46. The second-order valence-electron chi connectivity index (χ2n) is 4.89. The third-order valence-electron chi connectivity index (χ3n) is 3.64. The molecule has 0 aromatic rings. The van der Waals surface area contributed by atoms with Gasteiger partial charge in [-0.1, -0.05) is 6.92 Å². The van der Waals surface area contributed by atoms with Gasteiger partial charge in [-0.15, -0.1) is 0 Å². The van der Waals surface area contributed by atoms with Crippen LogP contribution < -0.4 is 11.1 Å². The van der Waals surface area contributed by atoms with Gasteiger partial charge in [0.25, 0.3) is 0 Å². The number of carbonyl (C=O) groups is 1. The number of amides is 1. The number of nitrogens with one attached hydrogen (secondary N) is 1. The predicted molar refractivity (Wildman–Crippen MR) is 64.0 cm³/mol. The number of nitrogens with two attached hydrogens (primary N) is 1. The van der Waals surface area contributed by atoms with Crippen LogP contribution >= 0.6 is 0 Å². The summed E-state index contributed by atoms with van der Waals surface area (Å²) in [5, 5.41) is 2.98. The molecule has 94 valence electrons. The van der Waals surface area contributed by atoms with E-state index in [2.05, 4.69) is 5.32 Å². The number of ether oxygens (including phenoxy) is 1. The molecular weight excluding hydrogens is 204 g/mol. The van der Waals surface area contributed by atoms with E-state index in [1.807, 2.05) is 13.8 Å². The van der Waals surface area contributed by atoms with Crippen molar-refractivity contribution in [2.24, 2.45) is 17.1 Å². The fourth-order valence-electron chi connectivity index (χ4n) is 1.81. The highest BCUT2D eigenvalue weighted by Crippen LogP contribution is 2.20. The van der Waals surface area contributed by atoms with E-state index >= 15 is 0 Å². The van der Waals surface area contributed by atoms with Crippen molar-refractivity contribution in [2.45, 2.75) is 33.1 Å². The first kappa shape index (κ1) is 13.5. The molecule has 0 radical (unpaired) electrons. The first-order valence-electron chi connectivity index (χ1n) is 6.18. The Labute approximate surface area is 97.9 Å². The minimum atomic E-state index is -0.411. The fourth-order valence-corrected chi connectivity index (χ4v) is 1.81. The minimum absolute atomic E-state index is 0.0800.